The zero-order valence-corrected chi connectivity index (χ0v) is 10.9. The van der Waals surface area contributed by atoms with Gasteiger partial charge in [-0.2, -0.15) is 0 Å². The molecule has 3 rings (SSSR count). The predicted octanol–water partition coefficient (Wildman–Crippen LogP) is 2.35. The van der Waals surface area contributed by atoms with Gasteiger partial charge in [-0.05, 0) is 38.4 Å². The summed E-state index contributed by atoms with van der Waals surface area (Å²) in [7, 11) is 0. The Morgan fingerprint density at radius 2 is 2.16 bits per heavy atom. The number of nitrogens with zero attached hydrogens (tertiary/aromatic N) is 3. The van der Waals surface area contributed by atoms with Gasteiger partial charge in [-0.1, -0.05) is 6.07 Å². The van der Waals surface area contributed by atoms with E-state index in [9.17, 15) is 0 Å². The third-order valence-electron chi connectivity index (χ3n) is 3.21. The largest absolute Gasteiger partial charge is 0.324 e. The van der Waals surface area contributed by atoms with Crippen molar-refractivity contribution in [1.82, 2.24) is 20.3 Å². The van der Waals surface area contributed by atoms with E-state index in [1.165, 1.54) is 6.42 Å². The van der Waals surface area contributed by atoms with Gasteiger partial charge in [0, 0.05) is 5.69 Å². The Bertz CT molecular complexity index is 563. The van der Waals surface area contributed by atoms with Crippen molar-refractivity contribution in [2.45, 2.75) is 25.8 Å². The molecule has 0 amide bonds. The second-order valence-corrected chi connectivity index (χ2v) is 4.77. The van der Waals surface area contributed by atoms with Crippen molar-refractivity contribution in [3.05, 3.63) is 42.0 Å². The Balaban J connectivity index is 1.79. The highest BCUT2D eigenvalue weighted by atomic mass is 15.1. The molecule has 0 radical (unpaired) electrons. The molecule has 5 heteroatoms. The van der Waals surface area contributed by atoms with E-state index >= 15 is 0 Å². The van der Waals surface area contributed by atoms with Crippen molar-refractivity contribution >= 4 is 11.6 Å². The summed E-state index contributed by atoms with van der Waals surface area (Å²) >= 11 is 0. The fourth-order valence-corrected chi connectivity index (χ4v) is 2.29. The Hall–Kier alpha value is -2.01. The highest BCUT2D eigenvalue weighted by molar-refractivity contribution is 5.50. The maximum Gasteiger partial charge on any atom is 0.150 e. The van der Waals surface area contributed by atoms with Crippen LogP contribution in [0.4, 0.5) is 11.6 Å². The van der Waals surface area contributed by atoms with Gasteiger partial charge in [0.2, 0.25) is 0 Å². The number of pyridine rings is 1. The van der Waals surface area contributed by atoms with E-state index < -0.39 is 0 Å². The van der Waals surface area contributed by atoms with Crippen LogP contribution in [-0.4, -0.2) is 21.5 Å². The molecule has 0 spiro atoms. The Labute approximate surface area is 112 Å². The second-order valence-electron chi connectivity index (χ2n) is 4.77. The van der Waals surface area contributed by atoms with Crippen LogP contribution in [0.2, 0.25) is 0 Å². The van der Waals surface area contributed by atoms with E-state index in [2.05, 4.69) is 25.6 Å². The summed E-state index contributed by atoms with van der Waals surface area (Å²) < 4.78 is 0. The molecule has 1 atom stereocenters. The number of nitrogens with one attached hydrogen (secondary N) is 2. The summed E-state index contributed by atoms with van der Waals surface area (Å²) in [6.07, 6.45) is 5.88. The van der Waals surface area contributed by atoms with Crippen molar-refractivity contribution in [2.24, 2.45) is 0 Å². The number of hydrogen-bond donors (Lipinski definition) is 2. The predicted molar refractivity (Wildman–Crippen MR) is 74.3 cm³/mol. The number of rotatable bonds is 3. The summed E-state index contributed by atoms with van der Waals surface area (Å²) in [4.78, 5) is 13.3. The van der Waals surface area contributed by atoms with Gasteiger partial charge in [-0.15, -0.1) is 0 Å². The third-order valence-corrected chi connectivity index (χ3v) is 3.21. The molecule has 3 heterocycles. The first-order valence-electron chi connectivity index (χ1n) is 6.57. The van der Waals surface area contributed by atoms with Gasteiger partial charge < -0.3 is 10.6 Å². The zero-order chi connectivity index (χ0) is 13.1. The average molecular weight is 255 g/mol. The first-order chi connectivity index (χ1) is 9.31. The zero-order valence-electron chi connectivity index (χ0n) is 10.9. The first kappa shape index (κ1) is 12.0. The van der Waals surface area contributed by atoms with Crippen LogP contribution in [0, 0.1) is 6.92 Å². The third kappa shape index (κ3) is 2.88. The van der Waals surface area contributed by atoms with Gasteiger partial charge in [-0.25, -0.2) is 9.97 Å². The number of aryl methyl sites for hydroxylation is 1. The van der Waals surface area contributed by atoms with Crippen molar-refractivity contribution in [3.8, 4) is 0 Å². The summed E-state index contributed by atoms with van der Waals surface area (Å²) in [6.45, 7) is 3.03. The summed E-state index contributed by atoms with van der Waals surface area (Å²) in [5.41, 5.74) is 1.97. The van der Waals surface area contributed by atoms with E-state index in [1.807, 2.05) is 31.3 Å². The molecule has 2 aromatic rings. The lowest BCUT2D eigenvalue weighted by Gasteiger charge is -2.11. The molecular formula is C14H17N5. The normalized spacial score (nSPS) is 18.5. The standard InChI is InChI=1S/C14H17N5/c1-10-4-2-6-13(17-10)19-14-9-15-8-12(18-14)11-5-3-7-16-11/h2,4,6,8-9,11,16H,3,5,7H2,1H3,(H,17,18,19)/t11-/m0/s1. The lowest BCUT2D eigenvalue weighted by atomic mass is 10.2. The topological polar surface area (TPSA) is 62.7 Å². The van der Waals surface area contributed by atoms with E-state index in [-0.39, 0.29) is 0 Å². The van der Waals surface area contributed by atoms with E-state index in [0.717, 1.165) is 36.0 Å². The molecule has 1 saturated heterocycles. The van der Waals surface area contributed by atoms with Gasteiger partial charge in [0.15, 0.2) is 0 Å². The van der Waals surface area contributed by atoms with Gasteiger partial charge in [0.1, 0.15) is 11.6 Å². The Morgan fingerprint density at radius 1 is 1.21 bits per heavy atom. The SMILES string of the molecule is Cc1cccc(Nc2cncc([C@@H]3CCCN3)n2)n1. The monoisotopic (exact) mass is 255 g/mol. The Morgan fingerprint density at radius 3 is 2.95 bits per heavy atom. The molecule has 0 aliphatic carbocycles. The van der Waals surface area contributed by atoms with Crippen LogP contribution in [0.3, 0.4) is 0 Å². The lowest BCUT2D eigenvalue weighted by Crippen LogP contribution is -2.15. The van der Waals surface area contributed by atoms with Crippen LogP contribution >= 0.6 is 0 Å². The molecule has 1 aliphatic heterocycles. The molecule has 2 N–H and O–H groups in total. The minimum absolute atomic E-state index is 0.333. The number of hydrogen-bond acceptors (Lipinski definition) is 5. The minimum Gasteiger partial charge on any atom is -0.324 e. The van der Waals surface area contributed by atoms with Crippen LogP contribution in [0.5, 0.6) is 0 Å². The van der Waals surface area contributed by atoms with Gasteiger partial charge in [0.25, 0.3) is 0 Å². The molecular weight excluding hydrogens is 238 g/mol. The molecule has 98 valence electrons. The fourth-order valence-electron chi connectivity index (χ4n) is 2.29. The van der Waals surface area contributed by atoms with Gasteiger partial charge in [0.05, 0.1) is 24.1 Å². The number of aromatic nitrogens is 3. The molecule has 5 nitrogen and oxygen atoms in total. The van der Waals surface area contributed by atoms with Crippen molar-refractivity contribution < 1.29 is 0 Å². The Kier molecular flexibility index (Phi) is 3.37. The van der Waals surface area contributed by atoms with Crippen molar-refractivity contribution in [3.63, 3.8) is 0 Å². The maximum atomic E-state index is 4.60. The maximum absolute atomic E-state index is 4.60. The molecule has 19 heavy (non-hydrogen) atoms. The smallest absolute Gasteiger partial charge is 0.150 e. The summed E-state index contributed by atoms with van der Waals surface area (Å²) in [6, 6.07) is 6.20. The van der Waals surface area contributed by atoms with Crippen LogP contribution < -0.4 is 10.6 Å². The first-order valence-corrected chi connectivity index (χ1v) is 6.57. The molecule has 1 fully saturated rings. The van der Waals surface area contributed by atoms with Crippen LogP contribution in [0.25, 0.3) is 0 Å². The molecule has 2 aromatic heterocycles. The molecule has 1 aliphatic rings. The highest BCUT2D eigenvalue weighted by Crippen LogP contribution is 2.22. The average Bonchev–Trinajstić information content (AvgIpc) is 2.93. The van der Waals surface area contributed by atoms with E-state index in [0.29, 0.717) is 6.04 Å². The highest BCUT2D eigenvalue weighted by Gasteiger charge is 2.17. The minimum atomic E-state index is 0.333. The van der Waals surface area contributed by atoms with Crippen molar-refractivity contribution in [2.75, 3.05) is 11.9 Å². The lowest BCUT2D eigenvalue weighted by molar-refractivity contribution is 0.625. The second kappa shape index (κ2) is 5.32. The quantitative estimate of drug-likeness (QED) is 0.881. The fraction of sp³-hybridized carbons (Fsp3) is 0.357. The number of anilines is 2. The molecule has 0 bridgehead atoms. The molecule has 0 saturated carbocycles. The molecule has 0 aromatic carbocycles. The van der Waals surface area contributed by atoms with E-state index in [4.69, 9.17) is 0 Å². The van der Waals surface area contributed by atoms with Crippen molar-refractivity contribution in [1.29, 1.82) is 0 Å². The van der Waals surface area contributed by atoms with E-state index in [1.54, 1.807) is 6.20 Å². The summed E-state index contributed by atoms with van der Waals surface area (Å²) in [5, 5.41) is 6.62. The van der Waals surface area contributed by atoms with Crippen LogP contribution in [0.15, 0.2) is 30.6 Å². The summed E-state index contributed by atoms with van der Waals surface area (Å²) in [5.74, 6) is 1.54. The van der Waals surface area contributed by atoms with Crippen LogP contribution in [0.1, 0.15) is 30.3 Å². The van der Waals surface area contributed by atoms with Crippen LogP contribution in [-0.2, 0) is 0 Å². The van der Waals surface area contributed by atoms with Gasteiger partial charge in [-0.3, -0.25) is 4.98 Å². The molecule has 0 unspecified atom stereocenters. The van der Waals surface area contributed by atoms with Gasteiger partial charge >= 0.3 is 0 Å².